The van der Waals surface area contributed by atoms with Crippen molar-refractivity contribution in [2.24, 2.45) is 5.10 Å². The van der Waals surface area contributed by atoms with Crippen LogP contribution in [0.25, 0.3) is 0 Å². The minimum atomic E-state index is -0.818. The molecule has 1 aromatic heterocycles. The van der Waals surface area contributed by atoms with Crippen LogP contribution in [0.3, 0.4) is 0 Å². The van der Waals surface area contributed by atoms with Crippen LogP contribution in [-0.4, -0.2) is 23.9 Å². The third kappa shape index (κ3) is 6.11. The summed E-state index contributed by atoms with van der Waals surface area (Å²) >= 11 is 5.81. The Bertz CT molecular complexity index is 816. The standard InChI is InChI=1S/C16H15ClN4O4/c1-10(22)21-19-9-14-6-5-13(25-14)8-18-15(23)16(24)20-12-4-2-3-11(17)7-12/h2-7,9H,8H2,1H3,(H,18,23)(H,20,24)(H,21,22)/b19-9-. The summed E-state index contributed by atoms with van der Waals surface area (Å²) in [5.41, 5.74) is 2.65. The molecule has 0 bridgehead atoms. The van der Waals surface area contributed by atoms with Gasteiger partial charge in [0.1, 0.15) is 11.5 Å². The van der Waals surface area contributed by atoms with Gasteiger partial charge in [-0.3, -0.25) is 14.4 Å². The second-order valence-corrected chi connectivity index (χ2v) is 5.31. The average Bonchev–Trinajstić information content (AvgIpc) is 3.00. The van der Waals surface area contributed by atoms with Gasteiger partial charge >= 0.3 is 11.8 Å². The second-order valence-electron chi connectivity index (χ2n) is 4.88. The van der Waals surface area contributed by atoms with Gasteiger partial charge in [0.25, 0.3) is 0 Å². The van der Waals surface area contributed by atoms with Gasteiger partial charge in [-0.15, -0.1) is 0 Å². The first-order valence-corrected chi connectivity index (χ1v) is 7.55. The summed E-state index contributed by atoms with van der Waals surface area (Å²) in [5, 5.41) is 8.96. The van der Waals surface area contributed by atoms with E-state index in [0.717, 1.165) is 0 Å². The van der Waals surface area contributed by atoms with E-state index < -0.39 is 11.8 Å². The van der Waals surface area contributed by atoms with Crippen molar-refractivity contribution in [1.82, 2.24) is 10.7 Å². The Morgan fingerprint density at radius 3 is 2.72 bits per heavy atom. The molecule has 0 aliphatic heterocycles. The number of carbonyl (C=O) groups excluding carboxylic acids is 3. The number of hydrogen-bond acceptors (Lipinski definition) is 5. The summed E-state index contributed by atoms with van der Waals surface area (Å²) in [4.78, 5) is 34.3. The fourth-order valence-corrected chi connectivity index (χ4v) is 1.94. The number of furan rings is 1. The van der Waals surface area contributed by atoms with E-state index in [1.165, 1.54) is 19.2 Å². The lowest BCUT2D eigenvalue weighted by molar-refractivity contribution is -0.136. The molecule has 0 atom stereocenters. The first kappa shape index (κ1) is 18.2. The van der Waals surface area contributed by atoms with Crippen molar-refractivity contribution in [3.63, 3.8) is 0 Å². The largest absolute Gasteiger partial charge is 0.458 e. The van der Waals surface area contributed by atoms with Gasteiger partial charge in [0.2, 0.25) is 5.91 Å². The molecule has 25 heavy (non-hydrogen) atoms. The minimum Gasteiger partial charge on any atom is -0.458 e. The highest BCUT2D eigenvalue weighted by molar-refractivity contribution is 6.39. The lowest BCUT2D eigenvalue weighted by Crippen LogP contribution is -2.34. The molecular formula is C16H15ClN4O4. The number of hydrogen-bond donors (Lipinski definition) is 3. The molecule has 3 N–H and O–H groups in total. The molecule has 0 saturated heterocycles. The normalized spacial score (nSPS) is 10.5. The molecule has 1 heterocycles. The molecule has 3 amide bonds. The number of benzene rings is 1. The lowest BCUT2D eigenvalue weighted by atomic mass is 10.3. The van der Waals surface area contributed by atoms with Crippen LogP contribution in [0, 0.1) is 0 Å². The number of amides is 3. The van der Waals surface area contributed by atoms with E-state index in [9.17, 15) is 14.4 Å². The van der Waals surface area contributed by atoms with Crippen molar-refractivity contribution in [1.29, 1.82) is 0 Å². The molecule has 130 valence electrons. The molecule has 9 heteroatoms. The van der Waals surface area contributed by atoms with Crippen LogP contribution in [-0.2, 0) is 20.9 Å². The van der Waals surface area contributed by atoms with Crippen LogP contribution in [0.2, 0.25) is 5.02 Å². The summed E-state index contributed by atoms with van der Waals surface area (Å²) in [5.74, 6) is -1.12. The highest BCUT2D eigenvalue weighted by atomic mass is 35.5. The van der Waals surface area contributed by atoms with Crippen LogP contribution in [0.4, 0.5) is 5.69 Å². The third-order valence-corrected chi connectivity index (χ3v) is 3.04. The molecule has 0 fully saturated rings. The van der Waals surface area contributed by atoms with Gasteiger partial charge < -0.3 is 15.1 Å². The summed E-state index contributed by atoms with van der Waals surface area (Å²) in [7, 11) is 0. The van der Waals surface area contributed by atoms with E-state index in [4.69, 9.17) is 16.0 Å². The van der Waals surface area contributed by atoms with E-state index >= 15 is 0 Å². The average molecular weight is 363 g/mol. The Balaban J connectivity index is 1.83. The molecule has 0 aliphatic rings. The van der Waals surface area contributed by atoms with Crippen LogP contribution in [0.15, 0.2) is 45.9 Å². The van der Waals surface area contributed by atoms with Crippen molar-refractivity contribution in [3.8, 4) is 0 Å². The smallest absolute Gasteiger partial charge is 0.313 e. The third-order valence-electron chi connectivity index (χ3n) is 2.81. The van der Waals surface area contributed by atoms with Crippen molar-refractivity contribution in [2.45, 2.75) is 13.5 Å². The van der Waals surface area contributed by atoms with Crippen molar-refractivity contribution in [3.05, 3.63) is 52.9 Å². The summed E-state index contributed by atoms with van der Waals surface area (Å²) in [6.07, 6.45) is 1.32. The molecular weight excluding hydrogens is 348 g/mol. The predicted molar refractivity (Wildman–Crippen MR) is 92.0 cm³/mol. The zero-order valence-electron chi connectivity index (χ0n) is 13.2. The summed E-state index contributed by atoms with van der Waals surface area (Å²) < 4.78 is 5.37. The number of halogens is 1. The van der Waals surface area contributed by atoms with Crippen LogP contribution in [0.5, 0.6) is 0 Å². The number of hydrazone groups is 1. The van der Waals surface area contributed by atoms with Crippen molar-refractivity contribution >= 4 is 41.2 Å². The fourth-order valence-electron chi connectivity index (χ4n) is 1.75. The number of anilines is 1. The molecule has 1 aromatic carbocycles. The van der Waals surface area contributed by atoms with Crippen molar-refractivity contribution < 1.29 is 18.8 Å². The maximum Gasteiger partial charge on any atom is 0.313 e. The molecule has 0 unspecified atom stereocenters. The monoisotopic (exact) mass is 362 g/mol. The fraction of sp³-hybridized carbons (Fsp3) is 0.125. The van der Waals surface area contributed by atoms with E-state index in [2.05, 4.69) is 21.2 Å². The maximum absolute atomic E-state index is 11.8. The molecule has 0 saturated carbocycles. The van der Waals surface area contributed by atoms with Crippen LogP contribution in [0.1, 0.15) is 18.4 Å². The van der Waals surface area contributed by atoms with Gasteiger partial charge in [0, 0.05) is 17.6 Å². The van der Waals surface area contributed by atoms with E-state index in [1.54, 1.807) is 30.3 Å². The molecule has 0 radical (unpaired) electrons. The lowest BCUT2D eigenvalue weighted by Gasteiger charge is -2.05. The molecule has 2 aromatic rings. The first-order chi connectivity index (χ1) is 11.9. The Morgan fingerprint density at radius 2 is 2.00 bits per heavy atom. The Morgan fingerprint density at radius 1 is 1.20 bits per heavy atom. The van der Waals surface area contributed by atoms with Crippen molar-refractivity contribution in [2.75, 3.05) is 5.32 Å². The van der Waals surface area contributed by atoms with E-state index in [1.807, 2.05) is 0 Å². The molecule has 8 nitrogen and oxygen atoms in total. The quantitative estimate of drug-likeness (QED) is 0.426. The van der Waals surface area contributed by atoms with Gasteiger partial charge in [-0.05, 0) is 30.3 Å². The second kappa shape index (κ2) is 8.65. The summed E-state index contributed by atoms with van der Waals surface area (Å²) in [6, 6.07) is 9.68. The topological polar surface area (TPSA) is 113 Å². The number of nitrogens with zero attached hydrogens (tertiary/aromatic N) is 1. The predicted octanol–water partition coefficient (Wildman–Crippen LogP) is 1.66. The van der Waals surface area contributed by atoms with Gasteiger partial charge in [-0.1, -0.05) is 17.7 Å². The zero-order valence-corrected chi connectivity index (χ0v) is 14.0. The van der Waals surface area contributed by atoms with Gasteiger partial charge in [-0.2, -0.15) is 5.10 Å². The highest BCUT2D eigenvalue weighted by Crippen LogP contribution is 2.14. The number of carbonyl (C=O) groups is 3. The van der Waals surface area contributed by atoms with Crippen LogP contribution >= 0.6 is 11.6 Å². The minimum absolute atomic E-state index is 0.0236. The number of nitrogens with one attached hydrogen (secondary N) is 3. The van der Waals surface area contributed by atoms with Gasteiger partial charge in [0.15, 0.2) is 0 Å². The van der Waals surface area contributed by atoms with E-state index in [0.29, 0.717) is 22.2 Å². The Kier molecular flexibility index (Phi) is 6.30. The molecule has 0 aliphatic carbocycles. The first-order valence-electron chi connectivity index (χ1n) is 7.17. The SMILES string of the molecule is CC(=O)N/N=C\c1ccc(CNC(=O)C(=O)Nc2cccc(Cl)c2)o1. The number of rotatable bonds is 5. The van der Waals surface area contributed by atoms with Crippen LogP contribution < -0.4 is 16.1 Å². The Labute approximate surface area is 148 Å². The molecule has 0 spiro atoms. The Hall–Kier alpha value is -3.13. The maximum atomic E-state index is 11.8. The molecule has 2 rings (SSSR count). The zero-order chi connectivity index (χ0) is 18.2. The van der Waals surface area contributed by atoms with E-state index in [-0.39, 0.29) is 12.5 Å². The van der Waals surface area contributed by atoms with Gasteiger partial charge in [0.05, 0.1) is 12.8 Å². The highest BCUT2D eigenvalue weighted by Gasteiger charge is 2.14. The van der Waals surface area contributed by atoms with Gasteiger partial charge in [-0.25, -0.2) is 5.43 Å². The summed E-state index contributed by atoms with van der Waals surface area (Å²) in [6.45, 7) is 1.35.